The SMILES string of the molecule is Cc1cccc(-c2nnc(COC(=O)c3cccc(Cl)c3Cl)o2)c1. The number of benzene rings is 2. The Labute approximate surface area is 148 Å². The summed E-state index contributed by atoms with van der Waals surface area (Å²) in [5.41, 5.74) is 2.06. The van der Waals surface area contributed by atoms with Crippen LogP contribution in [0.5, 0.6) is 0 Å². The van der Waals surface area contributed by atoms with Gasteiger partial charge in [-0.15, -0.1) is 10.2 Å². The zero-order chi connectivity index (χ0) is 17.1. The highest BCUT2D eigenvalue weighted by Crippen LogP contribution is 2.26. The highest BCUT2D eigenvalue weighted by atomic mass is 35.5. The quantitative estimate of drug-likeness (QED) is 0.628. The molecule has 0 aliphatic carbocycles. The van der Waals surface area contributed by atoms with Crippen molar-refractivity contribution >= 4 is 29.2 Å². The summed E-state index contributed by atoms with van der Waals surface area (Å²) >= 11 is 11.9. The van der Waals surface area contributed by atoms with E-state index in [-0.39, 0.29) is 28.1 Å². The van der Waals surface area contributed by atoms with Gasteiger partial charge < -0.3 is 9.15 Å². The molecule has 0 bridgehead atoms. The molecule has 0 radical (unpaired) electrons. The van der Waals surface area contributed by atoms with Gasteiger partial charge in [0.25, 0.3) is 5.89 Å². The maximum atomic E-state index is 12.1. The minimum Gasteiger partial charge on any atom is -0.452 e. The van der Waals surface area contributed by atoms with Crippen LogP contribution in [0.2, 0.25) is 10.0 Å². The topological polar surface area (TPSA) is 65.2 Å². The molecule has 0 aliphatic rings. The van der Waals surface area contributed by atoms with Gasteiger partial charge in [0, 0.05) is 5.56 Å². The van der Waals surface area contributed by atoms with Gasteiger partial charge in [-0.05, 0) is 31.2 Å². The van der Waals surface area contributed by atoms with E-state index in [1.54, 1.807) is 12.1 Å². The standard InChI is InChI=1S/C17H12Cl2N2O3/c1-10-4-2-5-11(8-10)16-21-20-14(24-16)9-23-17(22)12-6-3-7-13(18)15(12)19/h2-8H,9H2,1H3. The number of nitrogens with zero attached hydrogens (tertiary/aromatic N) is 2. The predicted octanol–water partition coefficient (Wildman–Crippen LogP) is 4.71. The van der Waals surface area contributed by atoms with E-state index in [2.05, 4.69) is 10.2 Å². The first kappa shape index (κ1) is 16.5. The van der Waals surface area contributed by atoms with E-state index in [1.807, 2.05) is 31.2 Å². The molecule has 5 nitrogen and oxygen atoms in total. The van der Waals surface area contributed by atoms with Crippen LogP contribution in [0.3, 0.4) is 0 Å². The van der Waals surface area contributed by atoms with E-state index >= 15 is 0 Å². The van der Waals surface area contributed by atoms with Gasteiger partial charge in [0.15, 0.2) is 6.61 Å². The summed E-state index contributed by atoms with van der Waals surface area (Å²) in [5.74, 6) is -0.0543. The van der Waals surface area contributed by atoms with Crippen LogP contribution in [-0.2, 0) is 11.3 Å². The van der Waals surface area contributed by atoms with Gasteiger partial charge in [-0.3, -0.25) is 0 Å². The summed E-state index contributed by atoms with van der Waals surface area (Å²) in [6, 6.07) is 12.4. The zero-order valence-corrected chi connectivity index (χ0v) is 14.1. The number of esters is 1. The number of halogens is 2. The molecule has 0 spiro atoms. The summed E-state index contributed by atoms with van der Waals surface area (Å²) in [4.78, 5) is 12.1. The van der Waals surface area contributed by atoms with E-state index in [4.69, 9.17) is 32.4 Å². The van der Waals surface area contributed by atoms with Gasteiger partial charge in [-0.2, -0.15) is 0 Å². The van der Waals surface area contributed by atoms with Crippen LogP contribution in [0.4, 0.5) is 0 Å². The van der Waals surface area contributed by atoms with Crippen LogP contribution in [-0.4, -0.2) is 16.2 Å². The molecule has 122 valence electrons. The van der Waals surface area contributed by atoms with Crippen LogP contribution in [0.1, 0.15) is 21.8 Å². The summed E-state index contributed by atoms with van der Waals surface area (Å²) in [6.07, 6.45) is 0. The lowest BCUT2D eigenvalue weighted by atomic mass is 10.1. The Morgan fingerprint density at radius 2 is 1.96 bits per heavy atom. The lowest BCUT2D eigenvalue weighted by Gasteiger charge is -2.05. The molecule has 0 aliphatic heterocycles. The average Bonchev–Trinajstić information content (AvgIpc) is 3.04. The predicted molar refractivity (Wildman–Crippen MR) is 90.1 cm³/mol. The Hall–Kier alpha value is -2.37. The van der Waals surface area contributed by atoms with Crippen LogP contribution < -0.4 is 0 Å². The minimum absolute atomic E-state index is 0.148. The molecule has 2 aromatic carbocycles. The first-order chi connectivity index (χ1) is 11.5. The van der Waals surface area contributed by atoms with Crippen LogP contribution in [0, 0.1) is 6.92 Å². The fourth-order valence-electron chi connectivity index (χ4n) is 2.07. The van der Waals surface area contributed by atoms with Crippen LogP contribution in [0.25, 0.3) is 11.5 Å². The number of hydrogen-bond donors (Lipinski definition) is 0. The third kappa shape index (κ3) is 3.58. The Morgan fingerprint density at radius 1 is 1.17 bits per heavy atom. The smallest absolute Gasteiger partial charge is 0.340 e. The highest BCUT2D eigenvalue weighted by molar-refractivity contribution is 6.43. The Balaban J connectivity index is 1.69. The van der Waals surface area contributed by atoms with Crippen LogP contribution in [0.15, 0.2) is 46.9 Å². The van der Waals surface area contributed by atoms with Crippen molar-refractivity contribution in [3.05, 3.63) is 69.5 Å². The van der Waals surface area contributed by atoms with E-state index in [0.29, 0.717) is 5.89 Å². The normalized spacial score (nSPS) is 10.6. The molecule has 1 aromatic heterocycles. The molecular formula is C17H12Cl2N2O3. The third-order valence-electron chi connectivity index (χ3n) is 3.23. The van der Waals surface area contributed by atoms with Crippen LogP contribution >= 0.6 is 23.2 Å². The molecule has 24 heavy (non-hydrogen) atoms. The molecule has 0 unspecified atom stereocenters. The summed E-state index contributed by atoms with van der Waals surface area (Å²) in [7, 11) is 0. The molecule has 0 atom stereocenters. The molecule has 0 amide bonds. The number of ether oxygens (including phenoxy) is 1. The number of carbonyl (C=O) groups excluding carboxylic acids is 1. The van der Waals surface area contributed by atoms with Gasteiger partial charge in [0.05, 0.1) is 15.6 Å². The Kier molecular flexibility index (Phi) is 4.83. The van der Waals surface area contributed by atoms with Gasteiger partial charge in [-0.1, -0.05) is 47.0 Å². The molecule has 0 fully saturated rings. The largest absolute Gasteiger partial charge is 0.452 e. The molecule has 1 heterocycles. The summed E-state index contributed by atoms with van der Waals surface area (Å²) in [5, 5.41) is 8.26. The van der Waals surface area contributed by atoms with Crippen molar-refractivity contribution in [2.24, 2.45) is 0 Å². The van der Waals surface area contributed by atoms with Crippen molar-refractivity contribution in [2.45, 2.75) is 13.5 Å². The van der Waals surface area contributed by atoms with Gasteiger partial charge in [0.2, 0.25) is 5.89 Å². The lowest BCUT2D eigenvalue weighted by molar-refractivity contribution is 0.0439. The van der Waals surface area contributed by atoms with Crippen molar-refractivity contribution in [3.63, 3.8) is 0 Å². The molecule has 0 N–H and O–H groups in total. The second-order valence-corrected chi connectivity index (χ2v) is 5.83. The van der Waals surface area contributed by atoms with Gasteiger partial charge >= 0.3 is 5.97 Å². The summed E-state index contributed by atoms with van der Waals surface area (Å²) < 4.78 is 10.7. The average molecular weight is 363 g/mol. The first-order valence-electron chi connectivity index (χ1n) is 7.05. The maximum absolute atomic E-state index is 12.1. The number of carbonyl (C=O) groups is 1. The second-order valence-electron chi connectivity index (χ2n) is 5.05. The number of rotatable bonds is 4. The molecule has 7 heteroatoms. The van der Waals surface area contributed by atoms with Crippen molar-refractivity contribution < 1.29 is 13.9 Å². The number of aromatic nitrogens is 2. The Morgan fingerprint density at radius 3 is 2.75 bits per heavy atom. The fraction of sp³-hybridized carbons (Fsp3) is 0.118. The molecular weight excluding hydrogens is 351 g/mol. The molecule has 3 rings (SSSR count). The number of aryl methyl sites for hydroxylation is 1. The maximum Gasteiger partial charge on any atom is 0.340 e. The van der Waals surface area contributed by atoms with Crippen molar-refractivity contribution in [2.75, 3.05) is 0 Å². The molecule has 3 aromatic rings. The van der Waals surface area contributed by atoms with E-state index in [9.17, 15) is 4.79 Å². The van der Waals surface area contributed by atoms with E-state index < -0.39 is 5.97 Å². The molecule has 0 saturated heterocycles. The fourth-order valence-corrected chi connectivity index (χ4v) is 2.45. The number of hydrogen-bond acceptors (Lipinski definition) is 5. The monoisotopic (exact) mass is 362 g/mol. The zero-order valence-electron chi connectivity index (χ0n) is 12.6. The second kappa shape index (κ2) is 7.03. The first-order valence-corrected chi connectivity index (χ1v) is 7.81. The molecule has 0 saturated carbocycles. The Bertz CT molecular complexity index is 893. The van der Waals surface area contributed by atoms with E-state index in [0.717, 1.165) is 11.1 Å². The van der Waals surface area contributed by atoms with Crippen molar-refractivity contribution in [1.82, 2.24) is 10.2 Å². The van der Waals surface area contributed by atoms with Crippen molar-refractivity contribution in [3.8, 4) is 11.5 Å². The lowest BCUT2D eigenvalue weighted by Crippen LogP contribution is -2.06. The van der Waals surface area contributed by atoms with E-state index in [1.165, 1.54) is 6.07 Å². The highest BCUT2D eigenvalue weighted by Gasteiger charge is 2.16. The van der Waals surface area contributed by atoms with Gasteiger partial charge in [0.1, 0.15) is 0 Å². The van der Waals surface area contributed by atoms with Crippen molar-refractivity contribution in [1.29, 1.82) is 0 Å². The third-order valence-corrected chi connectivity index (χ3v) is 4.05. The minimum atomic E-state index is -0.613. The van der Waals surface area contributed by atoms with Gasteiger partial charge in [-0.25, -0.2) is 4.79 Å². The summed E-state index contributed by atoms with van der Waals surface area (Å²) in [6.45, 7) is 1.82.